The van der Waals surface area contributed by atoms with E-state index in [9.17, 15) is 9.59 Å². The maximum absolute atomic E-state index is 11.8. The zero-order valence-electron chi connectivity index (χ0n) is 10.00. The molecule has 0 saturated carbocycles. The van der Waals surface area contributed by atoms with Crippen LogP contribution in [0, 0.1) is 0 Å². The van der Waals surface area contributed by atoms with E-state index in [2.05, 4.69) is 9.97 Å². The molecule has 0 aliphatic rings. The van der Waals surface area contributed by atoms with Crippen molar-refractivity contribution < 1.29 is 19.4 Å². The molecule has 98 valence electrons. The van der Waals surface area contributed by atoms with Gasteiger partial charge in [-0.3, -0.25) is 0 Å². The molecule has 0 bridgehead atoms. The Labute approximate surface area is 109 Å². The van der Waals surface area contributed by atoms with Gasteiger partial charge in [0.15, 0.2) is 0 Å². The summed E-state index contributed by atoms with van der Waals surface area (Å²) in [6, 6.07) is 5.95. The number of aromatic amines is 1. The minimum Gasteiger partial charge on any atom is -0.478 e. The van der Waals surface area contributed by atoms with Crippen molar-refractivity contribution in [3.8, 4) is 0 Å². The SMILES string of the molecule is O=C(O)c1ccccc1C(=O)OCCc1ncc[nH]1. The molecule has 1 aromatic carbocycles. The monoisotopic (exact) mass is 260 g/mol. The van der Waals surface area contributed by atoms with Gasteiger partial charge in [0.2, 0.25) is 0 Å². The summed E-state index contributed by atoms with van der Waals surface area (Å²) in [5.41, 5.74) is -0.0139. The second kappa shape index (κ2) is 5.81. The number of H-pyrrole nitrogens is 1. The van der Waals surface area contributed by atoms with E-state index in [0.717, 1.165) is 0 Å². The Balaban J connectivity index is 1.98. The molecule has 0 saturated heterocycles. The molecular formula is C13H12N2O4. The van der Waals surface area contributed by atoms with Crippen LogP contribution in [-0.4, -0.2) is 33.6 Å². The summed E-state index contributed by atoms with van der Waals surface area (Å²) < 4.78 is 5.03. The summed E-state index contributed by atoms with van der Waals surface area (Å²) in [5, 5.41) is 8.97. The lowest BCUT2D eigenvalue weighted by molar-refractivity contribution is 0.0497. The Morgan fingerprint density at radius 1 is 1.26 bits per heavy atom. The number of hydrogen-bond donors (Lipinski definition) is 2. The number of aromatic carboxylic acids is 1. The summed E-state index contributed by atoms with van der Waals surface area (Å²) in [7, 11) is 0. The molecule has 0 atom stereocenters. The van der Waals surface area contributed by atoms with Crippen molar-refractivity contribution in [3.05, 3.63) is 53.6 Å². The van der Waals surface area contributed by atoms with Crippen LogP contribution >= 0.6 is 0 Å². The van der Waals surface area contributed by atoms with Gasteiger partial charge in [-0.05, 0) is 12.1 Å². The first kappa shape index (κ1) is 12.8. The number of benzene rings is 1. The Kier molecular flexibility index (Phi) is 3.92. The molecule has 0 fully saturated rings. The van der Waals surface area contributed by atoms with Gasteiger partial charge in [-0.25, -0.2) is 14.6 Å². The Morgan fingerprint density at radius 2 is 2.00 bits per heavy atom. The number of hydrogen-bond acceptors (Lipinski definition) is 4. The molecule has 0 spiro atoms. The number of carbonyl (C=O) groups excluding carboxylic acids is 1. The van der Waals surface area contributed by atoms with E-state index in [4.69, 9.17) is 9.84 Å². The summed E-state index contributed by atoms with van der Waals surface area (Å²) in [6.45, 7) is 0.139. The fourth-order valence-corrected chi connectivity index (χ4v) is 1.60. The molecule has 2 N–H and O–H groups in total. The minimum atomic E-state index is -1.15. The van der Waals surface area contributed by atoms with Gasteiger partial charge in [0.05, 0.1) is 17.7 Å². The summed E-state index contributed by atoms with van der Waals surface area (Å²) >= 11 is 0. The number of ether oxygens (including phenoxy) is 1. The predicted octanol–water partition coefficient (Wildman–Crippen LogP) is 1.51. The van der Waals surface area contributed by atoms with E-state index in [1.54, 1.807) is 24.5 Å². The molecule has 2 aromatic rings. The molecule has 19 heavy (non-hydrogen) atoms. The van der Waals surface area contributed by atoms with Gasteiger partial charge < -0.3 is 14.8 Å². The number of nitrogens with zero attached hydrogens (tertiary/aromatic N) is 1. The van der Waals surface area contributed by atoms with Gasteiger partial charge in [0.1, 0.15) is 5.82 Å². The van der Waals surface area contributed by atoms with Crippen LogP contribution in [0.1, 0.15) is 26.5 Å². The lowest BCUT2D eigenvalue weighted by Gasteiger charge is -2.06. The largest absolute Gasteiger partial charge is 0.478 e. The van der Waals surface area contributed by atoms with Gasteiger partial charge in [0.25, 0.3) is 0 Å². The lowest BCUT2D eigenvalue weighted by atomic mass is 10.1. The van der Waals surface area contributed by atoms with Gasteiger partial charge >= 0.3 is 11.9 Å². The van der Waals surface area contributed by atoms with Crippen LogP contribution in [-0.2, 0) is 11.2 Å². The molecular weight excluding hydrogens is 248 g/mol. The molecule has 6 nitrogen and oxygen atoms in total. The fourth-order valence-electron chi connectivity index (χ4n) is 1.60. The summed E-state index contributed by atoms with van der Waals surface area (Å²) in [6.07, 6.45) is 3.74. The molecule has 2 rings (SSSR count). The Bertz CT molecular complexity index is 578. The van der Waals surface area contributed by atoms with Crippen LogP contribution in [0.5, 0.6) is 0 Å². The zero-order chi connectivity index (χ0) is 13.7. The maximum atomic E-state index is 11.8. The highest BCUT2D eigenvalue weighted by atomic mass is 16.5. The first-order chi connectivity index (χ1) is 9.18. The van der Waals surface area contributed by atoms with Crippen LogP contribution in [0.25, 0.3) is 0 Å². The number of nitrogens with one attached hydrogen (secondary N) is 1. The number of imidazole rings is 1. The molecule has 0 aliphatic carbocycles. The number of rotatable bonds is 5. The van der Waals surface area contributed by atoms with Gasteiger partial charge in [0, 0.05) is 18.8 Å². The van der Waals surface area contributed by atoms with Crippen molar-refractivity contribution in [1.82, 2.24) is 9.97 Å². The smallest absolute Gasteiger partial charge is 0.339 e. The molecule has 0 aliphatic heterocycles. The van der Waals surface area contributed by atoms with Crippen molar-refractivity contribution in [2.75, 3.05) is 6.61 Å². The van der Waals surface area contributed by atoms with Crippen molar-refractivity contribution >= 4 is 11.9 Å². The quantitative estimate of drug-likeness (QED) is 0.795. The van der Waals surface area contributed by atoms with Gasteiger partial charge in [-0.1, -0.05) is 12.1 Å². The number of carboxylic acids is 1. The summed E-state index contributed by atoms with van der Waals surface area (Å²) in [4.78, 5) is 29.6. The van der Waals surface area contributed by atoms with Crippen LogP contribution in [0.15, 0.2) is 36.7 Å². The van der Waals surface area contributed by atoms with Crippen molar-refractivity contribution in [2.24, 2.45) is 0 Å². The van der Waals surface area contributed by atoms with Crippen LogP contribution in [0.2, 0.25) is 0 Å². The van der Waals surface area contributed by atoms with E-state index in [0.29, 0.717) is 12.2 Å². The minimum absolute atomic E-state index is 0.0504. The fraction of sp³-hybridized carbons (Fsp3) is 0.154. The predicted molar refractivity (Wildman–Crippen MR) is 66.0 cm³/mol. The average Bonchev–Trinajstić information content (AvgIpc) is 2.91. The Hall–Kier alpha value is -2.63. The number of carbonyl (C=O) groups is 2. The highest BCUT2D eigenvalue weighted by molar-refractivity contribution is 6.02. The lowest BCUT2D eigenvalue weighted by Crippen LogP contribution is -2.13. The van der Waals surface area contributed by atoms with Crippen molar-refractivity contribution in [2.45, 2.75) is 6.42 Å². The molecule has 6 heteroatoms. The molecule has 1 heterocycles. The standard InChI is InChI=1S/C13H12N2O4/c16-12(17)9-3-1-2-4-10(9)13(18)19-8-5-11-14-6-7-15-11/h1-4,6-7H,5,8H2,(H,14,15)(H,16,17). The first-order valence-corrected chi connectivity index (χ1v) is 5.66. The number of aromatic nitrogens is 2. The third-order valence-corrected chi connectivity index (χ3v) is 2.50. The van der Waals surface area contributed by atoms with Gasteiger partial charge in [-0.15, -0.1) is 0 Å². The van der Waals surface area contributed by atoms with E-state index in [-0.39, 0.29) is 17.7 Å². The summed E-state index contributed by atoms with van der Waals surface area (Å²) in [5.74, 6) is -1.09. The first-order valence-electron chi connectivity index (χ1n) is 5.66. The second-order valence-electron chi connectivity index (χ2n) is 3.77. The van der Waals surface area contributed by atoms with Crippen molar-refractivity contribution in [1.29, 1.82) is 0 Å². The topological polar surface area (TPSA) is 92.3 Å². The second-order valence-corrected chi connectivity index (χ2v) is 3.77. The van der Waals surface area contributed by atoms with Crippen molar-refractivity contribution in [3.63, 3.8) is 0 Å². The third-order valence-electron chi connectivity index (χ3n) is 2.50. The van der Waals surface area contributed by atoms with E-state index in [1.807, 2.05) is 0 Å². The average molecular weight is 260 g/mol. The Morgan fingerprint density at radius 3 is 2.63 bits per heavy atom. The normalized spacial score (nSPS) is 10.1. The van der Waals surface area contributed by atoms with Crippen LogP contribution in [0.3, 0.4) is 0 Å². The number of esters is 1. The van der Waals surface area contributed by atoms with E-state index >= 15 is 0 Å². The highest BCUT2D eigenvalue weighted by Crippen LogP contribution is 2.10. The van der Waals surface area contributed by atoms with E-state index in [1.165, 1.54) is 12.1 Å². The van der Waals surface area contributed by atoms with E-state index < -0.39 is 11.9 Å². The highest BCUT2D eigenvalue weighted by Gasteiger charge is 2.16. The molecule has 0 radical (unpaired) electrons. The van der Waals surface area contributed by atoms with Crippen LogP contribution in [0.4, 0.5) is 0 Å². The third kappa shape index (κ3) is 3.19. The zero-order valence-corrected chi connectivity index (χ0v) is 10.00. The van der Waals surface area contributed by atoms with Gasteiger partial charge in [-0.2, -0.15) is 0 Å². The maximum Gasteiger partial charge on any atom is 0.339 e. The molecule has 0 unspecified atom stereocenters. The number of carboxylic acid groups (broad SMARTS) is 1. The molecule has 1 aromatic heterocycles. The van der Waals surface area contributed by atoms with Crippen LogP contribution < -0.4 is 0 Å². The molecule has 0 amide bonds.